The van der Waals surface area contributed by atoms with Gasteiger partial charge in [0.05, 0.1) is 6.61 Å². The summed E-state index contributed by atoms with van der Waals surface area (Å²) >= 11 is 1.54. The average molecular weight is 170 g/mol. The molecule has 60 valence electrons. The summed E-state index contributed by atoms with van der Waals surface area (Å²) in [7, 11) is 1.60. The highest BCUT2D eigenvalue weighted by atomic mass is 32.1. The molecule has 0 saturated heterocycles. The van der Waals surface area contributed by atoms with Crippen molar-refractivity contribution in [1.82, 2.24) is 0 Å². The monoisotopic (exact) mass is 170 g/mol. The van der Waals surface area contributed by atoms with Crippen LogP contribution in [0, 0.1) is 0 Å². The maximum atomic E-state index is 11.2. The quantitative estimate of drug-likeness (QED) is 0.646. The molecule has 1 aromatic rings. The van der Waals surface area contributed by atoms with Crippen LogP contribution in [0.3, 0.4) is 0 Å². The Balaban J connectivity index is 2.43. The summed E-state index contributed by atoms with van der Waals surface area (Å²) in [6.45, 7) is 0.509. The Morgan fingerprint density at radius 2 is 2.55 bits per heavy atom. The van der Waals surface area contributed by atoms with Gasteiger partial charge in [-0.2, -0.15) is 11.3 Å². The number of thiophene rings is 1. The van der Waals surface area contributed by atoms with Crippen molar-refractivity contribution in [3.63, 3.8) is 0 Å². The third-order valence-electron chi connectivity index (χ3n) is 1.38. The van der Waals surface area contributed by atoms with E-state index in [1.54, 1.807) is 7.11 Å². The standard InChI is InChI=1S/C8H10O2S/c1-10-4-2-8(9)7-3-5-11-6-7/h3,5-6H,2,4H2,1H3. The highest BCUT2D eigenvalue weighted by Gasteiger charge is 2.03. The highest BCUT2D eigenvalue weighted by Crippen LogP contribution is 2.08. The van der Waals surface area contributed by atoms with Crippen LogP contribution in [0.1, 0.15) is 16.8 Å². The molecule has 1 aromatic heterocycles. The lowest BCUT2D eigenvalue weighted by atomic mass is 10.2. The third kappa shape index (κ3) is 2.44. The molecule has 0 aliphatic carbocycles. The van der Waals surface area contributed by atoms with Gasteiger partial charge in [-0.15, -0.1) is 0 Å². The SMILES string of the molecule is COCCC(=O)c1ccsc1. The molecule has 1 rings (SSSR count). The molecule has 2 nitrogen and oxygen atoms in total. The topological polar surface area (TPSA) is 26.3 Å². The molecule has 0 amide bonds. The molecule has 0 aromatic carbocycles. The van der Waals surface area contributed by atoms with Gasteiger partial charge in [-0.05, 0) is 11.4 Å². The van der Waals surface area contributed by atoms with Crippen LogP contribution in [0.5, 0.6) is 0 Å². The summed E-state index contributed by atoms with van der Waals surface area (Å²) in [5.74, 6) is 0.160. The number of ether oxygens (including phenoxy) is 1. The zero-order chi connectivity index (χ0) is 8.10. The van der Waals surface area contributed by atoms with E-state index in [0.717, 1.165) is 5.56 Å². The van der Waals surface area contributed by atoms with E-state index in [1.165, 1.54) is 11.3 Å². The van der Waals surface area contributed by atoms with Gasteiger partial charge in [-0.3, -0.25) is 4.79 Å². The van der Waals surface area contributed by atoms with E-state index < -0.39 is 0 Å². The highest BCUT2D eigenvalue weighted by molar-refractivity contribution is 7.08. The molecular weight excluding hydrogens is 160 g/mol. The van der Waals surface area contributed by atoms with Gasteiger partial charge < -0.3 is 4.74 Å². The van der Waals surface area contributed by atoms with Crippen LogP contribution in [0.2, 0.25) is 0 Å². The van der Waals surface area contributed by atoms with Gasteiger partial charge in [-0.25, -0.2) is 0 Å². The molecule has 0 saturated carbocycles. The Kier molecular flexibility index (Phi) is 3.26. The first-order chi connectivity index (χ1) is 5.34. The Morgan fingerprint density at radius 1 is 1.73 bits per heavy atom. The summed E-state index contributed by atoms with van der Waals surface area (Å²) in [6, 6.07) is 1.84. The zero-order valence-corrected chi connectivity index (χ0v) is 7.19. The number of hydrogen-bond acceptors (Lipinski definition) is 3. The second kappa shape index (κ2) is 4.26. The first-order valence-electron chi connectivity index (χ1n) is 3.39. The average Bonchev–Trinajstić information content (AvgIpc) is 2.52. The van der Waals surface area contributed by atoms with E-state index in [0.29, 0.717) is 13.0 Å². The van der Waals surface area contributed by atoms with Crippen molar-refractivity contribution in [1.29, 1.82) is 0 Å². The number of rotatable bonds is 4. The Hall–Kier alpha value is -0.670. The third-order valence-corrected chi connectivity index (χ3v) is 2.06. The van der Waals surface area contributed by atoms with E-state index in [9.17, 15) is 4.79 Å². The predicted octanol–water partition coefficient (Wildman–Crippen LogP) is 1.97. The number of carbonyl (C=O) groups is 1. The summed E-state index contributed by atoms with van der Waals surface area (Å²) in [4.78, 5) is 11.2. The van der Waals surface area contributed by atoms with Gasteiger partial charge in [0.15, 0.2) is 5.78 Å². The normalized spacial score (nSPS) is 9.91. The zero-order valence-electron chi connectivity index (χ0n) is 6.37. The van der Waals surface area contributed by atoms with Crippen molar-refractivity contribution < 1.29 is 9.53 Å². The van der Waals surface area contributed by atoms with Crippen molar-refractivity contribution in [3.8, 4) is 0 Å². The number of hydrogen-bond donors (Lipinski definition) is 0. The minimum absolute atomic E-state index is 0.160. The number of methoxy groups -OCH3 is 1. The van der Waals surface area contributed by atoms with Crippen molar-refractivity contribution >= 4 is 17.1 Å². The molecule has 3 heteroatoms. The van der Waals surface area contributed by atoms with Crippen molar-refractivity contribution in [2.75, 3.05) is 13.7 Å². The van der Waals surface area contributed by atoms with Crippen LogP contribution in [0.4, 0.5) is 0 Å². The van der Waals surface area contributed by atoms with Gasteiger partial charge in [0.25, 0.3) is 0 Å². The predicted molar refractivity (Wildman–Crippen MR) is 45.1 cm³/mol. The minimum Gasteiger partial charge on any atom is -0.384 e. The molecule has 0 aliphatic heterocycles. The van der Waals surface area contributed by atoms with Crippen LogP contribution < -0.4 is 0 Å². The van der Waals surface area contributed by atoms with Gasteiger partial charge in [0.1, 0.15) is 0 Å². The number of carbonyl (C=O) groups excluding carboxylic acids is 1. The van der Waals surface area contributed by atoms with Crippen LogP contribution in [0.15, 0.2) is 16.8 Å². The molecule has 0 N–H and O–H groups in total. The van der Waals surface area contributed by atoms with Gasteiger partial charge in [0, 0.05) is 24.5 Å². The molecular formula is C8H10O2S. The Morgan fingerprint density at radius 3 is 3.09 bits per heavy atom. The fourth-order valence-corrected chi connectivity index (χ4v) is 1.42. The number of Topliss-reactive ketones (excluding diaryl/α,β-unsaturated/α-hetero) is 1. The molecule has 11 heavy (non-hydrogen) atoms. The lowest BCUT2D eigenvalue weighted by Crippen LogP contribution is -2.01. The molecule has 0 fully saturated rings. The van der Waals surface area contributed by atoms with Crippen molar-refractivity contribution in [3.05, 3.63) is 22.4 Å². The molecule has 0 atom stereocenters. The van der Waals surface area contributed by atoms with E-state index >= 15 is 0 Å². The smallest absolute Gasteiger partial charge is 0.166 e. The Bertz CT molecular complexity index is 216. The molecule has 0 radical (unpaired) electrons. The van der Waals surface area contributed by atoms with Gasteiger partial charge in [0.2, 0.25) is 0 Å². The second-order valence-electron chi connectivity index (χ2n) is 2.18. The van der Waals surface area contributed by atoms with Gasteiger partial charge in [-0.1, -0.05) is 0 Å². The molecule has 0 aliphatic rings. The fourth-order valence-electron chi connectivity index (χ4n) is 0.762. The summed E-state index contributed by atoms with van der Waals surface area (Å²) in [5.41, 5.74) is 0.798. The van der Waals surface area contributed by atoms with Crippen LogP contribution in [-0.2, 0) is 4.74 Å². The number of ketones is 1. The van der Waals surface area contributed by atoms with Crippen LogP contribution in [0.25, 0.3) is 0 Å². The maximum absolute atomic E-state index is 11.2. The molecule has 0 spiro atoms. The lowest BCUT2D eigenvalue weighted by Gasteiger charge is -1.95. The van der Waals surface area contributed by atoms with E-state index in [-0.39, 0.29) is 5.78 Å². The first-order valence-corrected chi connectivity index (χ1v) is 4.33. The molecule has 1 heterocycles. The van der Waals surface area contributed by atoms with Crippen molar-refractivity contribution in [2.45, 2.75) is 6.42 Å². The lowest BCUT2D eigenvalue weighted by molar-refractivity contribution is 0.0932. The Labute approximate surface area is 69.8 Å². The van der Waals surface area contributed by atoms with Crippen LogP contribution >= 0.6 is 11.3 Å². The second-order valence-corrected chi connectivity index (χ2v) is 2.96. The molecule has 0 bridgehead atoms. The summed E-state index contributed by atoms with van der Waals surface area (Å²) in [6.07, 6.45) is 0.479. The van der Waals surface area contributed by atoms with Crippen molar-refractivity contribution in [2.24, 2.45) is 0 Å². The summed E-state index contributed by atoms with van der Waals surface area (Å²) < 4.78 is 4.79. The van der Waals surface area contributed by atoms with E-state index in [1.807, 2.05) is 16.8 Å². The molecule has 0 unspecified atom stereocenters. The first kappa shape index (κ1) is 8.43. The maximum Gasteiger partial charge on any atom is 0.166 e. The fraction of sp³-hybridized carbons (Fsp3) is 0.375. The van der Waals surface area contributed by atoms with Gasteiger partial charge >= 0.3 is 0 Å². The van der Waals surface area contributed by atoms with E-state index in [2.05, 4.69) is 0 Å². The minimum atomic E-state index is 0.160. The van der Waals surface area contributed by atoms with E-state index in [4.69, 9.17) is 4.74 Å². The summed E-state index contributed by atoms with van der Waals surface area (Å²) in [5, 5.41) is 3.76. The van der Waals surface area contributed by atoms with Crippen LogP contribution in [-0.4, -0.2) is 19.5 Å². The largest absolute Gasteiger partial charge is 0.384 e.